The van der Waals surface area contributed by atoms with Gasteiger partial charge in [-0.05, 0) is 36.6 Å². The van der Waals surface area contributed by atoms with Crippen LogP contribution in [0.15, 0.2) is 48.5 Å². The number of aryl methyl sites for hydroxylation is 1. The number of hydrogen-bond acceptors (Lipinski definition) is 2. The van der Waals surface area contributed by atoms with E-state index in [1.54, 1.807) is 0 Å². The fourth-order valence-corrected chi connectivity index (χ4v) is 2.29. The van der Waals surface area contributed by atoms with E-state index in [1.807, 2.05) is 18.2 Å². The van der Waals surface area contributed by atoms with E-state index in [2.05, 4.69) is 17.4 Å². The molecule has 0 saturated heterocycles. The van der Waals surface area contributed by atoms with Crippen LogP contribution in [-0.4, -0.2) is 19.6 Å². The summed E-state index contributed by atoms with van der Waals surface area (Å²) in [6, 6.07) is 14.3. The van der Waals surface area contributed by atoms with Crippen molar-refractivity contribution in [2.45, 2.75) is 19.3 Å². The Labute approximate surface area is 130 Å². The van der Waals surface area contributed by atoms with Crippen molar-refractivity contribution in [1.29, 1.82) is 0 Å². The van der Waals surface area contributed by atoms with Gasteiger partial charge in [0.2, 0.25) is 5.91 Å². The maximum atomic E-state index is 13.2. The van der Waals surface area contributed by atoms with Crippen molar-refractivity contribution in [3.63, 3.8) is 0 Å². The maximum Gasteiger partial charge on any atom is 0.224 e. The SMILES string of the molecule is COc1ccc(F)cc1CC(=O)NCCCc1ccccc1. The minimum atomic E-state index is -0.368. The number of rotatable bonds is 7. The molecule has 116 valence electrons. The van der Waals surface area contributed by atoms with Crippen molar-refractivity contribution in [3.05, 3.63) is 65.5 Å². The van der Waals surface area contributed by atoms with E-state index in [4.69, 9.17) is 4.74 Å². The lowest BCUT2D eigenvalue weighted by molar-refractivity contribution is -0.120. The smallest absolute Gasteiger partial charge is 0.224 e. The molecule has 1 N–H and O–H groups in total. The molecule has 0 aliphatic rings. The Morgan fingerprint density at radius 2 is 1.95 bits per heavy atom. The minimum absolute atomic E-state index is 0.117. The van der Waals surface area contributed by atoms with Crippen LogP contribution in [0.25, 0.3) is 0 Å². The lowest BCUT2D eigenvalue weighted by atomic mass is 10.1. The second-order valence-electron chi connectivity index (χ2n) is 5.07. The molecule has 0 aliphatic heterocycles. The number of ether oxygens (including phenoxy) is 1. The summed E-state index contributed by atoms with van der Waals surface area (Å²) >= 11 is 0. The Kier molecular flexibility index (Phi) is 5.95. The van der Waals surface area contributed by atoms with Crippen LogP contribution < -0.4 is 10.1 Å². The summed E-state index contributed by atoms with van der Waals surface area (Å²) < 4.78 is 18.4. The van der Waals surface area contributed by atoms with Crippen LogP contribution in [0.1, 0.15) is 17.5 Å². The van der Waals surface area contributed by atoms with E-state index in [-0.39, 0.29) is 18.1 Å². The zero-order valence-corrected chi connectivity index (χ0v) is 12.6. The highest BCUT2D eigenvalue weighted by molar-refractivity contribution is 5.79. The van der Waals surface area contributed by atoms with Crippen LogP contribution in [0.4, 0.5) is 4.39 Å². The van der Waals surface area contributed by atoms with E-state index in [1.165, 1.54) is 30.9 Å². The Balaban J connectivity index is 1.77. The van der Waals surface area contributed by atoms with Crippen molar-refractivity contribution < 1.29 is 13.9 Å². The second kappa shape index (κ2) is 8.17. The third-order valence-corrected chi connectivity index (χ3v) is 3.40. The summed E-state index contributed by atoms with van der Waals surface area (Å²) in [4.78, 5) is 11.9. The number of carbonyl (C=O) groups excluding carboxylic acids is 1. The van der Waals surface area contributed by atoms with E-state index < -0.39 is 0 Å². The minimum Gasteiger partial charge on any atom is -0.496 e. The lowest BCUT2D eigenvalue weighted by Gasteiger charge is -2.09. The first kappa shape index (κ1) is 16.0. The molecule has 0 radical (unpaired) electrons. The van der Waals surface area contributed by atoms with E-state index in [0.29, 0.717) is 17.9 Å². The standard InChI is InChI=1S/C18H20FNO2/c1-22-17-10-9-16(19)12-15(17)13-18(21)20-11-5-8-14-6-3-2-4-7-14/h2-4,6-7,9-10,12H,5,8,11,13H2,1H3,(H,20,21). The van der Waals surface area contributed by atoms with Crippen LogP contribution in [0.2, 0.25) is 0 Å². The van der Waals surface area contributed by atoms with E-state index in [9.17, 15) is 9.18 Å². The Hall–Kier alpha value is -2.36. The monoisotopic (exact) mass is 301 g/mol. The predicted octanol–water partition coefficient (Wildman–Crippen LogP) is 3.13. The molecule has 0 fully saturated rings. The van der Waals surface area contributed by atoms with Crippen LogP contribution in [0.5, 0.6) is 5.75 Å². The quantitative estimate of drug-likeness (QED) is 0.798. The van der Waals surface area contributed by atoms with Gasteiger partial charge in [0.25, 0.3) is 0 Å². The molecule has 3 nitrogen and oxygen atoms in total. The van der Waals surface area contributed by atoms with Crippen LogP contribution >= 0.6 is 0 Å². The van der Waals surface area contributed by atoms with Crippen molar-refractivity contribution in [3.8, 4) is 5.75 Å². The van der Waals surface area contributed by atoms with Gasteiger partial charge >= 0.3 is 0 Å². The highest BCUT2D eigenvalue weighted by Gasteiger charge is 2.09. The molecule has 2 rings (SSSR count). The first-order valence-electron chi connectivity index (χ1n) is 7.32. The lowest BCUT2D eigenvalue weighted by Crippen LogP contribution is -2.26. The summed E-state index contributed by atoms with van der Waals surface area (Å²) in [7, 11) is 1.51. The number of hydrogen-bond donors (Lipinski definition) is 1. The molecular weight excluding hydrogens is 281 g/mol. The maximum absolute atomic E-state index is 13.2. The molecule has 22 heavy (non-hydrogen) atoms. The molecule has 4 heteroatoms. The summed E-state index contributed by atoms with van der Waals surface area (Å²) in [6.45, 7) is 0.603. The average molecular weight is 301 g/mol. The first-order chi connectivity index (χ1) is 10.7. The van der Waals surface area contributed by atoms with Crippen molar-refractivity contribution in [2.75, 3.05) is 13.7 Å². The highest BCUT2D eigenvalue weighted by Crippen LogP contribution is 2.19. The van der Waals surface area contributed by atoms with Crippen molar-refractivity contribution in [2.24, 2.45) is 0 Å². The van der Waals surface area contributed by atoms with Gasteiger partial charge in [0.05, 0.1) is 13.5 Å². The van der Waals surface area contributed by atoms with Gasteiger partial charge in [-0.3, -0.25) is 4.79 Å². The molecule has 0 saturated carbocycles. The number of amides is 1. The summed E-state index contributed by atoms with van der Waals surface area (Å²) in [6.07, 6.45) is 1.91. The summed E-state index contributed by atoms with van der Waals surface area (Å²) in [5, 5.41) is 2.86. The van der Waals surface area contributed by atoms with E-state index in [0.717, 1.165) is 12.8 Å². The van der Waals surface area contributed by atoms with Gasteiger partial charge in [0.15, 0.2) is 0 Å². The Bertz CT molecular complexity index is 614. The number of halogens is 1. The van der Waals surface area contributed by atoms with Gasteiger partial charge in [0.1, 0.15) is 11.6 Å². The molecule has 0 unspecified atom stereocenters. The van der Waals surface area contributed by atoms with Crippen molar-refractivity contribution in [1.82, 2.24) is 5.32 Å². The van der Waals surface area contributed by atoms with Gasteiger partial charge in [-0.1, -0.05) is 30.3 Å². The number of carbonyl (C=O) groups is 1. The molecule has 0 aromatic heterocycles. The molecule has 0 heterocycles. The number of benzene rings is 2. The zero-order valence-electron chi connectivity index (χ0n) is 12.6. The first-order valence-corrected chi connectivity index (χ1v) is 7.32. The van der Waals surface area contributed by atoms with Gasteiger partial charge in [-0.15, -0.1) is 0 Å². The topological polar surface area (TPSA) is 38.3 Å². The van der Waals surface area contributed by atoms with E-state index >= 15 is 0 Å². The summed E-state index contributed by atoms with van der Waals surface area (Å²) in [5.41, 5.74) is 1.81. The molecule has 1 amide bonds. The third kappa shape index (κ3) is 4.88. The van der Waals surface area contributed by atoms with Gasteiger partial charge in [-0.25, -0.2) is 4.39 Å². The number of nitrogens with one attached hydrogen (secondary N) is 1. The second-order valence-corrected chi connectivity index (χ2v) is 5.07. The van der Waals surface area contributed by atoms with Crippen molar-refractivity contribution >= 4 is 5.91 Å². The highest BCUT2D eigenvalue weighted by atomic mass is 19.1. The van der Waals surface area contributed by atoms with Gasteiger partial charge < -0.3 is 10.1 Å². The van der Waals surface area contributed by atoms with Crippen LogP contribution in [0.3, 0.4) is 0 Å². The number of methoxy groups -OCH3 is 1. The molecule has 2 aromatic rings. The Morgan fingerprint density at radius 3 is 2.68 bits per heavy atom. The molecule has 0 atom stereocenters. The molecule has 0 bridgehead atoms. The predicted molar refractivity (Wildman–Crippen MR) is 84.4 cm³/mol. The van der Waals surface area contributed by atoms with Gasteiger partial charge in [0, 0.05) is 12.1 Å². The fourth-order valence-electron chi connectivity index (χ4n) is 2.29. The molecule has 0 aliphatic carbocycles. The third-order valence-electron chi connectivity index (χ3n) is 3.40. The Morgan fingerprint density at radius 1 is 1.18 bits per heavy atom. The fraction of sp³-hybridized carbons (Fsp3) is 0.278. The molecular formula is C18H20FNO2. The summed E-state index contributed by atoms with van der Waals surface area (Å²) in [5.74, 6) is 0.0328. The van der Waals surface area contributed by atoms with Crippen LogP contribution in [-0.2, 0) is 17.6 Å². The zero-order chi connectivity index (χ0) is 15.8. The molecule has 2 aromatic carbocycles. The molecule has 0 spiro atoms. The van der Waals surface area contributed by atoms with Crippen LogP contribution in [0, 0.1) is 5.82 Å². The normalized spacial score (nSPS) is 10.3. The largest absolute Gasteiger partial charge is 0.496 e. The van der Waals surface area contributed by atoms with Gasteiger partial charge in [-0.2, -0.15) is 0 Å². The average Bonchev–Trinajstić information content (AvgIpc) is 2.53.